The summed E-state index contributed by atoms with van der Waals surface area (Å²) in [5.74, 6) is 2.50. The molecule has 0 saturated heterocycles. The van der Waals surface area contributed by atoms with Crippen LogP contribution in [0.5, 0.6) is 0 Å². The lowest BCUT2D eigenvalue weighted by Crippen LogP contribution is -2.41. The average Bonchev–Trinajstić information content (AvgIpc) is 2.18. The Kier molecular flexibility index (Phi) is 5.48. The molecule has 0 aromatic rings. The van der Waals surface area contributed by atoms with Crippen molar-refractivity contribution in [3.8, 4) is 0 Å². The van der Waals surface area contributed by atoms with Crippen LogP contribution in [0.4, 0.5) is 0 Å². The van der Waals surface area contributed by atoms with Crippen LogP contribution in [-0.2, 0) is 0 Å². The molecular formula is C13H27NS. The summed E-state index contributed by atoms with van der Waals surface area (Å²) in [5, 5.41) is 3.77. The molecule has 0 radical (unpaired) electrons. The quantitative estimate of drug-likeness (QED) is 0.772. The molecule has 15 heavy (non-hydrogen) atoms. The van der Waals surface area contributed by atoms with Crippen molar-refractivity contribution < 1.29 is 0 Å². The van der Waals surface area contributed by atoms with E-state index >= 15 is 0 Å². The molecule has 1 aliphatic rings. The van der Waals surface area contributed by atoms with Gasteiger partial charge >= 0.3 is 0 Å². The molecule has 0 aliphatic heterocycles. The second kappa shape index (κ2) is 6.15. The van der Waals surface area contributed by atoms with Gasteiger partial charge in [0.1, 0.15) is 0 Å². The molecular weight excluding hydrogens is 202 g/mol. The van der Waals surface area contributed by atoms with Crippen molar-refractivity contribution in [3.05, 3.63) is 0 Å². The first kappa shape index (κ1) is 13.4. The van der Waals surface area contributed by atoms with Gasteiger partial charge in [-0.15, -0.1) is 0 Å². The van der Waals surface area contributed by atoms with Crippen LogP contribution in [0.2, 0.25) is 0 Å². The lowest BCUT2D eigenvalue weighted by atomic mass is 9.75. The van der Waals surface area contributed by atoms with E-state index in [1.54, 1.807) is 0 Å². The van der Waals surface area contributed by atoms with E-state index in [-0.39, 0.29) is 0 Å². The summed E-state index contributed by atoms with van der Waals surface area (Å²) in [4.78, 5) is 0. The zero-order valence-corrected chi connectivity index (χ0v) is 11.6. The standard InChI is InChI=1S/C13H27NS/c1-5-15-10-11(2)14-12-6-8-13(3,4)9-7-12/h11-12,14H,5-10H2,1-4H3. The number of thioether (sulfide) groups is 1. The Bertz CT molecular complexity index is 169. The maximum atomic E-state index is 3.77. The van der Waals surface area contributed by atoms with Gasteiger partial charge in [-0.25, -0.2) is 0 Å². The molecule has 1 fully saturated rings. The number of nitrogens with one attached hydrogen (secondary N) is 1. The number of hydrogen-bond acceptors (Lipinski definition) is 2. The molecule has 0 spiro atoms. The zero-order valence-electron chi connectivity index (χ0n) is 10.8. The maximum Gasteiger partial charge on any atom is 0.0132 e. The predicted molar refractivity (Wildman–Crippen MR) is 71.6 cm³/mol. The van der Waals surface area contributed by atoms with Crippen molar-refractivity contribution in [2.24, 2.45) is 5.41 Å². The van der Waals surface area contributed by atoms with Crippen molar-refractivity contribution in [1.82, 2.24) is 5.32 Å². The van der Waals surface area contributed by atoms with E-state index in [2.05, 4.69) is 33.0 Å². The van der Waals surface area contributed by atoms with E-state index in [0.29, 0.717) is 11.5 Å². The van der Waals surface area contributed by atoms with Crippen LogP contribution in [0.25, 0.3) is 0 Å². The fourth-order valence-corrected chi connectivity index (χ4v) is 3.00. The third-order valence-electron chi connectivity index (χ3n) is 3.43. The fourth-order valence-electron chi connectivity index (χ4n) is 2.31. The highest BCUT2D eigenvalue weighted by molar-refractivity contribution is 7.99. The monoisotopic (exact) mass is 229 g/mol. The highest BCUT2D eigenvalue weighted by Crippen LogP contribution is 2.35. The third-order valence-corrected chi connectivity index (χ3v) is 4.58. The minimum atomic E-state index is 0.597. The number of rotatable bonds is 5. The molecule has 1 rings (SSSR count). The van der Waals surface area contributed by atoms with Gasteiger partial charge in [-0.2, -0.15) is 11.8 Å². The summed E-state index contributed by atoms with van der Waals surface area (Å²) in [6, 6.07) is 1.46. The minimum Gasteiger partial charge on any atom is -0.311 e. The van der Waals surface area contributed by atoms with Gasteiger partial charge in [0.15, 0.2) is 0 Å². The Balaban J connectivity index is 2.17. The van der Waals surface area contributed by atoms with Gasteiger partial charge in [-0.1, -0.05) is 20.8 Å². The molecule has 0 bridgehead atoms. The van der Waals surface area contributed by atoms with E-state index in [0.717, 1.165) is 6.04 Å². The Morgan fingerprint density at radius 3 is 2.47 bits per heavy atom. The maximum absolute atomic E-state index is 3.77. The fraction of sp³-hybridized carbons (Fsp3) is 1.00. The van der Waals surface area contributed by atoms with Crippen LogP contribution in [0, 0.1) is 5.41 Å². The Hall–Kier alpha value is 0.310. The van der Waals surface area contributed by atoms with Crippen LogP contribution in [0.3, 0.4) is 0 Å². The van der Waals surface area contributed by atoms with Crippen LogP contribution in [0.1, 0.15) is 53.4 Å². The van der Waals surface area contributed by atoms with E-state index in [4.69, 9.17) is 0 Å². The molecule has 90 valence electrons. The van der Waals surface area contributed by atoms with Crippen molar-refractivity contribution >= 4 is 11.8 Å². The van der Waals surface area contributed by atoms with Gasteiger partial charge in [0.25, 0.3) is 0 Å². The van der Waals surface area contributed by atoms with Gasteiger partial charge < -0.3 is 5.32 Å². The van der Waals surface area contributed by atoms with Crippen LogP contribution in [0.15, 0.2) is 0 Å². The van der Waals surface area contributed by atoms with E-state index < -0.39 is 0 Å². The largest absolute Gasteiger partial charge is 0.311 e. The minimum absolute atomic E-state index is 0.597. The zero-order chi connectivity index (χ0) is 11.3. The smallest absolute Gasteiger partial charge is 0.0132 e. The van der Waals surface area contributed by atoms with Crippen molar-refractivity contribution in [1.29, 1.82) is 0 Å². The first-order valence-corrected chi connectivity index (χ1v) is 7.53. The molecule has 2 heteroatoms. The summed E-state index contributed by atoms with van der Waals surface area (Å²) in [6.07, 6.45) is 5.51. The predicted octanol–water partition coefficient (Wildman–Crippen LogP) is 3.69. The molecule has 0 aromatic carbocycles. The first-order chi connectivity index (χ1) is 7.03. The molecule has 1 saturated carbocycles. The van der Waals surface area contributed by atoms with E-state index in [1.165, 1.54) is 37.2 Å². The lowest BCUT2D eigenvalue weighted by molar-refractivity contribution is 0.201. The summed E-state index contributed by atoms with van der Waals surface area (Å²) in [7, 11) is 0. The summed E-state index contributed by atoms with van der Waals surface area (Å²) in [6.45, 7) is 9.36. The van der Waals surface area contributed by atoms with Crippen molar-refractivity contribution in [2.75, 3.05) is 11.5 Å². The highest BCUT2D eigenvalue weighted by Gasteiger charge is 2.26. The molecule has 1 N–H and O–H groups in total. The van der Waals surface area contributed by atoms with Gasteiger partial charge in [0.05, 0.1) is 0 Å². The molecule has 1 aliphatic carbocycles. The summed E-state index contributed by atoms with van der Waals surface area (Å²) < 4.78 is 0. The van der Waals surface area contributed by atoms with Crippen LogP contribution in [-0.4, -0.2) is 23.6 Å². The molecule has 0 heterocycles. The van der Waals surface area contributed by atoms with Crippen molar-refractivity contribution in [2.45, 2.75) is 65.5 Å². The Labute approximate surface area is 99.8 Å². The first-order valence-electron chi connectivity index (χ1n) is 6.37. The summed E-state index contributed by atoms with van der Waals surface area (Å²) in [5.41, 5.74) is 0.597. The third kappa shape index (κ3) is 5.26. The molecule has 1 nitrogen and oxygen atoms in total. The van der Waals surface area contributed by atoms with Gasteiger partial charge in [0.2, 0.25) is 0 Å². The topological polar surface area (TPSA) is 12.0 Å². The molecule has 0 amide bonds. The van der Waals surface area contributed by atoms with Crippen LogP contribution >= 0.6 is 11.8 Å². The van der Waals surface area contributed by atoms with E-state index in [9.17, 15) is 0 Å². The van der Waals surface area contributed by atoms with E-state index in [1.807, 2.05) is 11.8 Å². The second-order valence-electron chi connectivity index (χ2n) is 5.67. The highest BCUT2D eigenvalue weighted by atomic mass is 32.2. The van der Waals surface area contributed by atoms with Gasteiger partial charge in [-0.05, 0) is 43.8 Å². The van der Waals surface area contributed by atoms with Gasteiger partial charge in [0, 0.05) is 17.8 Å². The Morgan fingerprint density at radius 2 is 1.93 bits per heavy atom. The second-order valence-corrected chi connectivity index (χ2v) is 6.98. The van der Waals surface area contributed by atoms with Gasteiger partial charge in [-0.3, -0.25) is 0 Å². The normalized spacial score (nSPS) is 24.0. The van der Waals surface area contributed by atoms with Crippen LogP contribution < -0.4 is 5.32 Å². The average molecular weight is 229 g/mol. The molecule has 1 atom stereocenters. The SMILES string of the molecule is CCSCC(C)NC1CCC(C)(C)CC1. The molecule has 1 unspecified atom stereocenters. The number of hydrogen-bond donors (Lipinski definition) is 1. The summed E-state index contributed by atoms with van der Waals surface area (Å²) >= 11 is 2.04. The Morgan fingerprint density at radius 1 is 1.33 bits per heavy atom. The van der Waals surface area contributed by atoms with Crippen molar-refractivity contribution in [3.63, 3.8) is 0 Å². The lowest BCUT2D eigenvalue weighted by Gasteiger charge is -2.36. The molecule has 0 aromatic heterocycles.